The average Bonchev–Trinajstić information content (AvgIpc) is 3.39. The zero-order valence-electron chi connectivity index (χ0n) is 21.8. The number of aromatic nitrogens is 2. The summed E-state index contributed by atoms with van der Waals surface area (Å²) in [6.07, 6.45) is -4.44. The van der Waals surface area contributed by atoms with Crippen LogP contribution in [0.3, 0.4) is 0 Å². The summed E-state index contributed by atoms with van der Waals surface area (Å²) >= 11 is 0. The molecule has 1 fully saturated rings. The van der Waals surface area contributed by atoms with Gasteiger partial charge in [0, 0.05) is 38.8 Å². The first-order valence-electron chi connectivity index (χ1n) is 11.9. The lowest BCUT2D eigenvalue weighted by Gasteiger charge is -2.42. The van der Waals surface area contributed by atoms with Gasteiger partial charge in [-0.1, -0.05) is 5.16 Å². The molecule has 2 aromatic carbocycles. The van der Waals surface area contributed by atoms with Crippen molar-refractivity contribution in [1.82, 2.24) is 9.55 Å². The molecule has 216 valence electrons. The van der Waals surface area contributed by atoms with E-state index in [2.05, 4.69) is 14.9 Å². The van der Waals surface area contributed by atoms with E-state index in [1.165, 1.54) is 56.6 Å². The summed E-state index contributed by atoms with van der Waals surface area (Å²) in [6.45, 7) is 1.75. The van der Waals surface area contributed by atoms with Gasteiger partial charge in [0.25, 0.3) is 6.29 Å². The molecule has 9 nitrogen and oxygen atoms in total. The topological polar surface area (TPSA) is 85.6 Å². The standard InChI is InChI=1S/C26H26F5N3O6/c1-14-22(35-2)23(36-3)24(37-4)25(38-14)40-33-11-18-19(27)10-9-17(21(18)28)20-12-34(13-32-20)15-5-7-16(8-6-15)39-26(29,30)31/h5-14,22-25H,1-4H3/b33-11+/t14-,22-,23+,24+,25-/m0/s1. The van der Waals surface area contributed by atoms with Crippen LogP contribution < -0.4 is 4.74 Å². The number of imidazole rings is 1. The predicted octanol–water partition coefficient (Wildman–Crippen LogP) is 4.86. The number of hydrogen-bond acceptors (Lipinski definition) is 8. The quantitative estimate of drug-likeness (QED) is 0.206. The predicted molar refractivity (Wildman–Crippen MR) is 131 cm³/mol. The Labute approximate surface area is 226 Å². The van der Waals surface area contributed by atoms with Crippen molar-refractivity contribution >= 4 is 6.21 Å². The number of methoxy groups -OCH3 is 3. The fraction of sp³-hybridized carbons (Fsp3) is 0.385. The summed E-state index contributed by atoms with van der Waals surface area (Å²) in [5.41, 5.74) is 0.0430. The maximum atomic E-state index is 15.4. The Morgan fingerprint density at radius 1 is 0.950 bits per heavy atom. The highest BCUT2D eigenvalue weighted by molar-refractivity contribution is 5.82. The second-order valence-corrected chi connectivity index (χ2v) is 8.68. The summed E-state index contributed by atoms with van der Waals surface area (Å²) in [7, 11) is 4.42. The first kappa shape index (κ1) is 29.4. The maximum Gasteiger partial charge on any atom is 0.573 e. The Balaban J connectivity index is 1.52. The third-order valence-electron chi connectivity index (χ3n) is 6.24. The van der Waals surface area contributed by atoms with Gasteiger partial charge in [-0.25, -0.2) is 13.8 Å². The van der Waals surface area contributed by atoms with Crippen LogP contribution in [0.2, 0.25) is 0 Å². The van der Waals surface area contributed by atoms with Gasteiger partial charge in [0.1, 0.15) is 29.6 Å². The van der Waals surface area contributed by atoms with E-state index in [9.17, 15) is 17.6 Å². The molecule has 4 rings (SSSR count). The van der Waals surface area contributed by atoms with Crippen LogP contribution in [-0.4, -0.2) is 74.2 Å². The summed E-state index contributed by atoms with van der Waals surface area (Å²) < 4.78 is 94.5. The van der Waals surface area contributed by atoms with Crippen LogP contribution in [0.5, 0.6) is 5.75 Å². The lowest BCUT2D eigenvalue weighted by Crippen LogP contribution is -2.59. The molecule has 3 aromatic rings. The normalized spacial score (nSPS) is 23.5. The third-order valence-corrected chi connectivity index (χ3v) is 6.24. The van der Waals surface area contributed by atoms with Crippen molar-refractivity contribution in [3.05, 3.63) is 66.1 Å². The zero-order chi connectivity index (χ0) is 29.0. The van der Waals surface area contributed by atoms with Crippen molar-refractivity contribution in [2.45, 2.75) is 44.0 Å². The lowest BCUT2D eigenvalue weighted by atomic mass is 9.99. The molecule has 1 saturated heterocycles. The van der Waals surface area contributed by atoms with Crippen LogP contribution in [0, 0.1) is 11.6 Å². The molecular formula is C26H26F5N3O6. The maximum absolute atomic E-state index is 15.4. The number of ether oxygens (including phenoxy) is 5. The molecule has 0 radical (unpaired) electrons. The second kappa shape index (κ2) is 12.3. The Kier molecular flexibility index (Phi) is 9.03. The molecule has 1 aromatic heterocycles. The molecule has 1 aliphatic rings. The van der Waals surface area contributed by atoms with Gasteiger partial charge in [0.15, 0.2) is 6.10 Å². The van der Waals surface area contributed by atoms with Gasteiger partial charge in [0.2, 0.25) is 0 Å². The third kappa shape index (κ3) is 6.41. The Hall–Kier alpha value is -3.59. The van der Waals surface area contributed by atoms with Gasteiger partial charge in [-0.05, 0) is 43.3 Å². The second-order valence-electron chi connectivity index (χ2n) is 8.68. The number of oxime groups is 1. The molecule has 5 atom stereocenters. The molecular weight excluding hydrogens is 545 g/mol. The van der Waals surface area contributed by atoms with Crippen LogP contribution in [0.25, 0.3) is 16.9 Å². The first-order valence-corrected chi connectivity index (χ1v) is 11.9. The largest absolute Gasteiger partial charge is 0.573 e. The molecule has 0 saturated carbocycles. The van der Waals surface area contributed by atoms with Crippen molar-refractivity contribution in [3.63, 3.8) is 0 Å². The van der Waals surface area contributed by atoms with E-state index in [1.807, 2.05) is 0 Å². The van der Waals surface area contributed by atoms with Gasteiger partial charge in [0.05, 0.1) is 29.9 Å². The van der Waals surface area contributed by atoms with Crippen LogP contribution in [0.1, 0.15) is 12.5 Å². The van der Waals surface area contributed by atoms with Crippen LogP contribution >= 0.6 is 0 Å². The van der Waals surface area contributed by atoms with E-state index in [-0.39, 0.29) is 11.3 Å². The van der Waals surface area contributed by atoms with E-state index in [0.29, 0.717) is 5.69 Å². The van der Waals surface area contributed by atoms with Gasteiger partial charge < -0.3 is 33.1 Å². The summed E-state index contributed by atoms with van der Waals surface area (Å²) in [6, 6.07) is 7.25. The molecule has 14 heteroatoms. The van der Waals surface area contributed by atoms with Gasteiger partial charge in [-0.15, -0.1) is 13.2 Å². The number of rotatable bonds is 9. The molecule has 0 spiro atoms. The fourth-order valence-electron chi connectivity index (χ4n) is 4.35. The fourth-order valence-corrected chi connectivity index (χ4v) is 4.35. The molecule has 1 aliphatic heterocycles. The number of hydrogen-bond donors (Lipinski definition) is 0. The number of halogens is 5. The molecule has 0 bridgehead atoms. The van der Waals surface area contributed by atoms with Gasteiger partial charge in [-0.3, -0.25) is 0 Å². The van der Waals surface area contributed by atoms with E-state index >= 15 is 4.39 Å². The van der Waals surface area contributed by atoms with Crippen LogP contribution in [-0.2, 0) is 23.8 Å². The highest BCUT2D eigenvalue weighted by atomic mass is 19.4. The highest BCUT2D eigenvalue weighted by Crippen LogP contribution is 2.29. The summed E-state index contributed by atoms with van der Waals surface area (Å²) in [5.74, 6) is -2.25. The van der Waals surface area contributed by atoms with Crippen molar-refractivity contribution in [1.29, 1.82) is 0 Å². The average molecular weight is 571 g/mol. The van der Waals surface area contributed by atoms with E-state index in [0.717, 1.165) is 24.4 Å². The van der Waals surface area contributed by atoms with Gasteiger partial charge >= 0.3 is 6.36 Å². The van der Waals surface area contributed by atoms with Gasteiger partial charge in [-0.2, -0.15) is 0 Å². The SMILES string of the molecule is CO[C@@H]1[C@@H](OC)[C@H](C)O[C@@H](O/N=C/c2c(F)ccc(-c3cn(-c4ccc(OC(F)(F)F)cc4)cn3)c2F)[C@@H]1OC. The number of nitrogens with zero attached hydrogens (tertiary/aromatic N) is 3. The molecule has 0 N–H and O–H groups in total. The van der Waals surface area contributed by atoms with Crippen molar-refractivity contribution < 1.29 is 50.5 Å². The molecule has 2 heterocycles. The van der Waals surface area contributed by atoms with Crippen LogP contribution in [0.4, 0.5) is 22.0 Å². The molecule has 0 aliphatic carbocycles. The highest BCUT2D eigenvalue weighted by Gasteiger charge is 2.47. The minimum Gasteiger partial charge on any atom is -0.406 e. The Morgan fingerprint density at radius 2 is 1.62 bits per heavy atom. The monoisotopic (exact) mass is 571 g/mol. The zero-order valence-corrected chi connectivity index (χ0v) is 21.8. The van der Waals surface area contributed by atoms with Crippen molar-refractivity contribution in [3.8, 4) is 22.7 Å². The minimum absolute atomic E-state index is 0.0432. The molecule has 0 unspecified atom stereocenters. The van der Waals surface area contributed by atoms with Crippen molar-refractivity contribution in [2.75, 3.05) is 21.3 Å². The smallest absolute Gasteiger partial charge is 0.406 e. The van der Waals surface area contributed by atoms with Crippen LogP contribution in [0.15, 0.2) is 54.1 Å². The van der Waals surface area contributed by atoms with E-state index < -0.39 is 60.0 Å². The van der Waals surface area contributed by atoms with Crippen molar-refractivity contribution in [2.24, 2.45) is 5.16 Å². The summed E-state index contributed by atoms with van der Waals surface area (Å²) in [5, 5.41) is 3.74. The molecule has 40 heavy (non-hydrogen) atoms. The Bertz CT molecular complexity index is 1320. The van der Waals surface area contributed by atoms with E-state index in [1.54, 1.807) is 6.92 Å². The summed E-state index contributed by atoms with van der Waals surface area (Å²) in [4.78, 5) is 9.54. The Morgan fingerprint density at radius 3 is 2.25 bits per heavy atom. The minimum atomic E-state index is -4.82. The molecule has 0 amide bonds. The lowest BCUT2D eigenvalue weighted by molar-refractivity contribution is -0.305. The first-order chi connectivity index (χ1) is 19.1. The number of benzene rings is 2. The van der Waals surface area contributed by atoms with E-state index in [4.69, 9.17) is 23.8 Å². The number of alkyl halides is 3.